The van der Waals surface area contributed by atoms with Crippen LogP contribution in [0.15, 0.2) is 73.6 Å². The Balaban J connectivity index is 0.684. The lowest BCUT2D eigenvalue weighted by Crippen LogP contribution is -2.48. The molecule has 7 rings (SSSR count). The number of aromatic nitrogens is 9. The van der Waals surface area contributed by atoms with Gasteiger partial charge in [0.25, 0.3) is 29.5 Å². The fourth-order valence-corrected chi connectivity index (χ4v) is 8.77. The van der Waals surface area contributed by atoms with Gasteiger partial charge in [0.2, 0.25) is 35.2 Å². The Morgan fingerprint density at radius 1 is 0.477 bits per heavy atom. The normalized spacial score (nSPS) is 12.5. The molecule has 1 aromatic carbocycles. The maximum Gasteiger partial charge on any atom is 0.320 e. The predicted octanol–water partition coefficient (Wildman–Crippen LogP) is -0.372. The quantitative estimate of drug-likeness (QED) is 0.0189. The van der Waals surface area contributed by atoms with E-state index < -0.39 is 41.4 Å². The third-order valence-corrected chi connectivity index (χ3v) is 13.4. The fourth-order valence-electron chi connectivity index (χ4n) is 8.77. The van der Waals surface area contributed by atoms with Crippen LogP contribution in [0.1, 0.15) is 77.8 Å². The topological polar surface area (TPSA) is 369 Å². The third kappa shape index (κ3) is 20.8. The number of amides is 8. The van der Waals surface area contributed by atoms with Crippen LogP contribution in [0.2, 0.25) is 0 Å². The average Bonchev–Trinajstić information content (AvgIpc) is 4.44. The molecule has 32 nitrogen and oxygen atoms in total. The van der Waals surface area contributed by atoms with E-state index in [9.17, 15) is 43.2 Å². The largest absolute Gasteiger partial charge is 0.460 e. The molecule has 32 heteroatoms. The van der Waals surface area contributed by atoms with Gasteiger partial charge in [-0.1, -0.05) is 30.3 Å². The predicted molar refractivity (Wildman–Crippen MR) is 317 cm³/mol. The maximum atomic E-state index is 13.2. The molecule has 8 amide bonds. The molecule has 0 bridgehead atoms. The van der Waals surface area contributed by atoms with Crippen molar-refractivity contribution in [2.45, 2.75) is 25.9 Å². The van der Waals surface area contributed by atoms with E-state index >= 15 is 0 Å². The number of anilines is 4. The molecule has 0 atom stereocenters. The summed E-state index contributed by atoms with van der Waals surface area (Å²) in [5, 5.41) is 21.1. The van der Waals surface area contributed by atoms with Gasteiger partial charge in [0, 0.05) is 151 Å². The van der Waals surface area contributed by atoms with Crippen molar-refractivity contribution in [3.63, 3.8) is 0 Å². The third-order valence-electron chi connectivity index (χ3n) is 13.4. The zero-order valence-electron chi connectivity index (χ0n) is 49.8. The number of hydrogen-bond donors (Lipinski definition) is 8. The van der Waals surface area contributed by atoms with E-state index in [1.807, 2.05) is 30.3 Å². The molecule has 0 spiro atoms. The van der Waals surface area contributed by atoms with Gasteiger partial charge >= 0.3 is 5.97 Å². The fraction of sp³-hybridized carbons (Fsp3) is 0.446. The number of imidazole rings is 4. The second kappa shape index (κ2) is 33.3. The summed E-state index contributed by atoms with van der Waals surface area (Å²) in [7, 11) is 7.96. The molecule has 6 aromatic rings. The number of ether oxygens (including phenoxy) is 4. The Labute approximate surface area is 506 Å². The van der Waals surface area contributed by atoms with E-state index in [1.54, 1.807) is 38.1 Å². The van der Waals surface area contributed by atoms with Gasteiger partial charge in [-0.2, -0.15) is 0 Å². The van der Waals surface area contributed by atoms with Crippen LogP contribution in [0.3, 0.4) is 0 Å². The van der Waals surface area contributed by atoms with Crippen LogP contribution in [-0.4, -0.2) is 211 Å². The van der Waals surface area contributed by atoms with Crippen molar-refractivity contribution in [3.05, 3.63) is 108 Å². The number of benzene rings is 1. The number of piperazine rings is 1. The first-order valence-corrected chi connectivity index (χ1v) is 28.3. The average molecular weight is 1220 g/mol. The minimum atomic E-state index is -0.697. The highest BCUT2D eigenvalue weighted by atomic mass is 16.5. The number of esters is 1. The van der Waals surface area contributed by atoms with Crippen LogP contribution in [0.4, 0.5) is 23.1 Å². The molecule has 8 N–H and O–H groups in total. The summed E-state index contributed by atoms with van der Waals surface area (Å²) in [6.45, 7) is 7.24. The number of aryl methyl sites for hydroxylation is 5. The van der Waals surface area contributed by atoms with Crippen molar-refractivity contribution in [3.8, 4) is 0 Å². The zero-order chi connectivity index (χ0) is 63.0. The standard InChI is InChI=1S/C56H75N19O13/c1-69-19-17-58-48(69)55(83)62-39-31-40(70(2)32-39)52(80)59-15-12-45(77)64-42-34-73(5)51(66-42)56(84)68-43-35-72(4)50(67-43)54(82)61-16-13-46(78)63-41-33-71(3)49(65-41)53(81)60-14-11-44(76)57-18-25-85-27-29-87-30-28-86-26-24-74-20-22-75(23-21-74)36-47(79)88-37-38-9-7-6-8-10-38/h6-10,17,19,31-35H,11-16,18,20-30,36-37H2,1-5H3,(H,57,76)(H,59,80)(H,60,81)(H,61,82)(H,62,83)(H,63,78)(H,64,77)(H,68,84). The number of carbonyl (C=O) groups is 9. The van der Waals surface area contributed by atoms with Crippen molar-refractivity contribution < 1.29 is 62.1 Å². The van der Waals surface area contributed by atoms with Crippen LogP contribution >= 0.6 is 0 Å². The molecule has 0 radical (unpaired) electrons. The number of nitrogens with one attached hydrogen (secondary N) is 8. The number of hydrogen-bond acceptors (Lipinski definition) is 19. The lowest BCUT2D eigenvalue weighted by atomic mass is 10.2. The highest BCUT2D eigenvalue weighted by Gasteiger charge is 2.23. The molecule has 1 aliphatic heterocycles. The van der Waals surface area contributed by atoms with Gasteiger partial charge in [0.05, 0.1) is 51.9 Å². The monoisotopic (exact) mass is 1220 g/mol. The minimum absolute atomic E-state index is 0.00584. The van der Waals surface area contributed by atoms with Gasteiger partial charge in [-0.3, -0.25) is 53.0 Å². The molecular weight excluding hydrogens is 1150 g/mol. The van der Waals surface area contributed by atoms with E-state index in [0.29, 0.717) is 38.7 Å². The second-order valence-electron chi connectivity index (χ2n) is 20.2. The van der Waals surface area contributed by atoms with Gasteiger partial charge in [-0.15, -0.1) is 0 Å². The minimum Gasteiger partial charge on any atom is -0.460 e. The summed E-state index contributed by atoms with van der Waals surface area (Å²) in [6.07, 6.45) is 8.67. The summed E-state index contributed by atoms with van der Waals surface area (Å²) in [5.41, 5.74) is 1.59. The molecule has 472 valence electrons. The lowest BCUT2D eigenvalue weighted by Gasteiger charge is -2.33. The number of rotatable bonds is 34. The molecule has 88 heavy (non-hydrogen) atoms. The first kappa shape index (κ1) is 65.9. The Hall–Kier alpha value is -9.63. The van der Waals surface area contributed by atoms with E-state index in [2.05, 4.69) is 72.3 Å². The molecular formula is C56H75N19O13. The second-order valence-corrected chi connectivity index (χ2v) is 20.2. The molecule has 0 aliphatic carbocycles. The maximum absolute atomic E-state index is 13.2. The van der Waals surface area contributed by atoms with Crippen LogP contribution < -0.4 is 42.5 Å². The van der Waals surface area contributed by atoms with Crippen molar-refractivity contribution in [1.82, 2.24) is 73.8 Å². The van der Waals surface area contributed by atoms with Gasteiger partial charge < -0.3 is 84.3 Å². The lowest BCUT2D eigenvalue weighted by molar-refractivity contribution is -0.146. The van der Waals surface area contributed by atoms with E-state index in [4.69, 9.17) is 18.9 Å². The number of nitrogens with zero attached hydrogens (tertiary/aromatic N) is 11. The smallest absolute Gasteiger partial charge is 0.320 e. The Morgan fingerprint density at radius 3 is 1.55 bits per heavy atom. The highest BCUT2D eigenvalue weighted by molar-refractivity contribution is 6.04. The molecule has 1 saturated heterocycles. The molecule has 6 heterocycles. The van der Waals surface area contributed by atoms with Crippen molar-refractivity contribution in [2.24, 2.45) is 35.2 Å². The van der Waals surface area contributed by atoms with Gasteiger partial charge in [0.15, 0.2) is 23.3 Å². The SMILES string of the molecule is Cn1cc(NC(=O)c2nccn2C)cc1C(=O)NCCC(=O)Nc1cn(C)c(C(=O)Nc2cn(C)c(C(=O)NCCC(=O)Nc3cn(C)c(C(=O)NCCC(=O)NCCOCCOCCOCCN4CCN(CC(=O)OCc5ccccc5)CC4)n3)n2)n1. The van der Waals surface area contributed by atoms with Crippen LogP contribution in [-0.2, 0) is 80.0 Å². The van der Waals surface area contributed by atoms with Crippen molar-refractivity contribution >= 4 is 76.4 Å². The highest BCUT2D eigenvalue weighted by Crippen LogP contribution is 2.16. The number of carbonyl (C=O) groups excluding carboxylic acids is 9. The first-order valence-electron chi connectivity index (χ1n) is 28.3. The molecule has 0 unspecified atom stereocenters. The molecule has 1 aliphatic rings. The Kier molecular flexibility index (Phi) is 25.0. The first-order chi connectivity index (χ1) is 42.4. The Morgan fingerprint density at radius 2 is 0.977 bits per heavy atom. The van der Waals surface area contributed by atoms with Crippen LogP contribution in [0, 0.1) is 0 Å². The van der Waals surface area contributed by atoms with Gasteiger partial charge in [-0.25, -0.2) is 19.9 Å². The molecule has 1 fully saturated rings. The molecule has 5 aromatic heterocycles. The molecule has 0 saturated carbocycles. The summed E-state index contributed by atoms with van der Waals surface area (Å²) < 4.78 is 29.5. The van der Waals surface area contributed by atoms with E-state index in [-0.39, 0.29) is 124 Å². The summed E-state index contributed by atoms with van der Waals surface area (Å²) in [6, 6.07) is 11.1. The van der Waals surface area contributed by atoms with Crippen LogP contribution in [0.5, 0.6) is 0 Å². The van der Waals surface area contributed by atoms with Crippen molar-refractivity contribution in [1.29, 1.82) is 0 Å². The van der Waals surface area contributed by atoms with Crippen LogP contribution in [0.25, 0.3) is 0 Å². The van der Waals surface area contributed by atoms with Gasteiger partial charge in [0.1, 0.15) is 12.3 Å². The van der Waals surface area contributed by atoms with Crippen molar-refractivity contribution in [2.75, 3.05) is 126 Å². The van der Waals surface area contributed by atoms with E-state index in [1.165, 1.54) is 63.2 Å². The Bertz CT molecular complexity index is 3360. The van der Waals surface area contributed by atoms with E-state index in [0.717, 1.165) is 38.3 Å². The summed E-state index contributed by atoms with van der Waals surface area (Å²) in [5.74, 6) is -4.15. The summed E-state index contributed by atoms with van der Waals surface area (Å²) in [4.78, 5) is 136. The summed E-state index contributed by atoms with van der Waals surface area (Å²) >= 11 is 0. The van der Waals surface area contributed by atoms with Gasteiger partial charge in [-0.05, 0) is 11.6 Å². The zero-order valence-corrected chi connectivity index (χ0v) is 49.8.